The summed E-state index contributed by atoms with van der Waals surface area (Å²) in [6.07, 6.45) is -5.77. The number of carbonyl (C=O) groups excluding carboxylic acids is 7. The maximum absolute atomic E-state index is 14.5. The Morgan fingerprint density at radius 2 is 1.15 bits per heavy atom. The number of phosphoric acid groups is 1. The zero-order valence-corrected chi connectivity index (χ0v) is 31.8. The molecular formula is C30H45N4O20P. The molecule has 0 aliphatic carbocycles. The van der Waals surface area contributed by atoms with Gasteiger partial charge in [0.05, 0.1) is 46.2 Å². The van der Waals surface area contributed by atoms with Gasteiger partial charge in [-0.15, -0.1) is 5.10 Å². The number of primary amides is 1. The Kier molecular flexibility index (Phi) is 17.7. The molecule has 1 aromatic heterocycles. The van der Waals surface area contributed by atoms with Gasteiger partial charge in [0.2, 0.25) is 16.7 Å². The van der Waals surface area contributed by atoms with Crippen molar-refractivity contribution in [3.63, 3.8) is 0 Å². The van der Waals surface area contributed by atoms with Gasteiger partial charge >= 0.3 is 43.6 Å². The predicted octanol–water partition coefficient (Wildman–Crippen LogP) is -1.49. The zero-order chi connectivity index (χ0) is 41.6. The highest BCUT2D eigenvalue weighted by Gasteiger charge is 2.56. The SMILES string of the molecule is CCOC(=O)C(COC(C)=O)(COP(=O)(OC[C@H]1O[C@@H](n2cnc(C(N)=O)n2)C(O)C1O)OCC(COC(C)=O)(C(=O)OCC)C(=O)OCC)C(=O)OCC. The smallest absolute Gasteiger partial charge is 0.465 e. The lowest BCUT2D eigenvalue weighted by Crippen LogP contribution is -2.50. The van der Waals surface area contributed by atoms with E-state index >= 15 is 0 Å². The number of carbonyl (C=O) groups is 7. The van der Waals surface area contributed by atoms with Gasteiger partial charge in [-0.3, -0.25) is 47.1 Å². The third-order valence-corrected chi connectivity index (χ3v) is 8.73. The summed E-state index contributed by atoms with van der Waals surface area (Å²) in [5.74, 6) is -8.89. The van der Waals surface area contributed by atoms with Crippen molar-refractivity contribution in [3.8, 4) is 0 Å². The van der Waals surface area contributed by atoms with E-state index in [-0.39, 0.29) is 26.4 Å². The van der Waals surface area contributed by atoms with Crippen LogP contribution in [-0.4, -0.2) is 144 Å². The summed E-state index contributed by atoms with van der Waals surface area (Å²) in [5.41, 5.74) is -0.211. The summed E-state index contributed by atoms with van der Waals surface area (Å²) in [7, 11) is -5.42. The van der Waals surface area contributed by atoms with Crippen molar-refractivity contribution < 1.29 is 95.1 Å². The van der Waals surface area contributed by atoms with Gasteiger partial charge in [-0.2, -0.15) is 0 Å². The van der Waals surface area contributed by atoms with Crippen LogP contribution in [0.25, 0.3) is 0 Å². The molecule has 1 amide bonds. The van der Waals surface area contributed by atoms with Crippen LogP contribution in [0, 0.1) is 10.8 Å². The molecule has 0 saturated carbocycles. The van der Waals surface area contributed by atoms with Gasteiger partial charge in [0.15, 0.2) is 6.23 Å². The van der Waals surface area contributed by atoms with Crippen molar-refractivity contribution in [2.75, 3.05) is 59.5 Å². The van der Waals surface area contributed by atoms with Crippen LogP contribution < -0.4 is 5.73 Å². The fourth-order valence-corrected chi connectivity index (χ4v) is 5.81. The van der Waals surface area contributed by atoms with E-state index in [1.807, 2.05) is 0 Å². The van der Waals surface area contributed by atoms with Gasteiger partial charge in [0.25, 0.3) is 5.91 Å². The van der Waals surface area contributed by atoms with E-state index in [0.717, 1.165) is 24.9 Å². The number of nitrogens with zero attached hydrogens (tertiary/aromatic N) is 3. The minimum atomic E-state index is -5.42. The molecule has 2 unspecified atom stereocenters. The van der Waals surface area contributed by atoms with Crippen molar-refractivity contribution >= 4 is 49.5 Å². The molecule has 1 aliphatic rings. The first kappa shape index (κ1) is 46.6. The van der Waals surface area contributed by atoms with Gasteiger partial charge < -0.3 is 49.1 Å². The van der Waals surface area contributed by atoms with Gasteiger partial charge in [0, 0.05) is 13.8 Å². The normalized spacial score (nSPS) is 18.5. The summed E-state index contributed by atoms with van der Waals surface area (Å²) >= 11 is 0. The van der Waals surface area contributed by atoms with Gasteiger partial charge in [0.1, 0.15) is 37.9 Å². The number of phosphoric ester groups is 1. The molecule has 2 heterocycles. The quantitative estimate of drug-likeness (QED) is 0.0490. The first-order valence-corrected chi connectivity index (χ1v) is 18.0. The van der Waals surface area contributed by atoms with E-state index in [9.17, 15) is 48.3 Å². The number of nitrogens with two attached hydrogens (primary N) is 1. The van der Waals surface area contributed by atoms with E-state index in [4.69, 9.17) is 52.5 Å². The number of amides is 1. The molecule has 0 bridgehead atoms. The van der Waals surface area contributed by atoms with Crippen molar-refractivity contribution in [2.24, 2.45) is 16.6 Å². The molecule has 1 aliphatic heterocycles. The highest BCUT2D eigenvalue weighted by atomic mass is 31.2. The van der Waals surface area contributed by atoms with E-state index in [2.05, 4.69) is 10.1 Å². The van der Waals surface area contributed by atoms with Crippen LogP contribution in [0.1, 0.15) is 58.4 Å². The maximum Gasteiger partial charge on any atom is 0.474 e. The second kappa shape index (κ2) is 20.9. The van der Waals surface area contributed by atoms with Crippen LogP contribution in [0.3, 0.4) is 0 Å². The minimum Gasteiger partial charge on any atom is -0.465 e. The number of rotatable bonds is 23. The summed E-state index contributed by atoms with van der Waals surface area (Å²) < 4.78 is 67.3. The molecule has 4 atom stereocenters. The Hall–Kier alpha value is -4.58. The first-order chi connectivity index (χ1) is 25.9. The Bertz CT molecular complexity index is 1480. The average Bonchev–Trinajstić information content (AvgIpc) is 3.72. The number of aliphatic hydroxyl groups excluding tert-OH is 2. The zero-order valence-electron chi connectivity index (χ0n) is 30.9. The Labute approximate surface area is 313 Å². The second-order valence-corrected chi connectivity index (χ2v) is 13.0. The van der Waals surface area contributed by atoms with Crippen molar-refractivity contribution in [1.29, 1.82) is 0 Å². The molecule has 1 fully saturated rings. The molecule has 4 N–H and O–H groups in total. The van der Waals surface area contributed by atoms with E-state index in [1.54, 1.807) is 0 Å². The van der Waals surface area contributed by atoms with Gasteiger partial charge in [-0.05, 0) is 27.7 Å². The van der Waals surface area contributed by atoms with E-state index < -0.39 is 124 Å². The van der Waals surface area contributed by atoms with Crippen LogP contribution >= 0.6 is 7.82 Å². The Balaban J connectivity index is 2.63. The number of hydrogen-bond acceptors (Lipinski definition) is 22. The van der Waals surface area contributed by atoms with Crippen LogP contribution in [0.5, 0.6) is 0 Å². The largest absolute Gasteiger partial charge is 0.474 e. The third kappa shape index (κ3) is 12.0. The lowest BCUT2D eigenvalue weighted by atomic mass is 9.90. The summed E-state index contributed by atoms with van der Waals surface area (Å²) in [4.78, 5) is 91.9. The molecule has 0 aromatic carbocycles. The standard InChI is InChI=1S/C30H45N4O20P/c1-7-45-25(40)29(12-49-17(5)35,26(41)46-8-2)14-52-55(44,53-15-30(13-50-18(6)36,27(42)47-9-3)28(43)48-10-4)51-11-19-20(37)21(38)24(54-19)34-16-32-23(33-34)22(31)39/h16,19-21,24,37-38H,7-15H2,1-6H3,(H2,31,39)/t19-,20?,21?,24-/m1/s1. The summed E-state index contributed by atoms with van der Waals surface area (Å²) in [6, 6.07) is 0. The van der Waals surface area contributed by atoms with Crippen LogP contribution in [-0.2, 0) is 80.1 Å². The molecular weight excluding hydrogens is 767 g/mol. The lowest BCUT2D eigenvalue weighted by Gasteiger charge is -2.32. The Morgan fingerprint density at radius 3 is 1.49 bits per heavy atom. The molecule has 55 heavy (non-hydrogen) atoms. The lowest BCUT2D eigenvalue weighted by molar-refractivity contribution is -0.182. The average molecular weight is 813 g/mol. The van der Waals surface area contributed by atoms with Gasteiger partial charge in [-0.1, -0.05) is 0 Å². The molecule has 1 saturated heterocycles. The molecule has 24 nitrogen and oxygen atoms in total. The molecule has 310 valence electrons. The molecule has 0 spiro atoms. The number of aromatic nitrogens is 3. The fourth-order valence-electron chi connectivity index (χ4n) is 4.50. The molecule has 2 rings (SSSR count). The van der Waals surface area contributed by atoms with E-state index in [0.29, 0.717) is 0 Å². The third-order valence-electron chi connectivity index (χ3n) is 7.37. The Morgan fingerprint density at radius 1 is 0.727 bits per heavy atom. The number of esters is 6. The summed E-state index contributed by atoms with van der Waals surface area (Å²) in [6.45, 7) is 0.369. The van der Waals surface area contributed by atoms with Crippen molar-refractivity contribution in [1.82, 2.24) is 14.8 Å². The highest BCUT2D eigenvalue weighted by Crippen LogP contribution is 2.53. The summed E-state index contributed by atoms with van der Waals surface area (Å²) in [5, 5.41) is 25.2. The maximum atomic E-state index is 14.5. The minimum absolute atomic E-state index is 0.310. The number of ether oxygens (including phenoxy) is 7. The molecule has 25 heteroatoms. The monoisotopic (exact) mass is 812 g/mol. The van der Waals surface area contributed by atoms with Gasteiger partial charge in [-0.25, -0.2) is 14.2 Å². The number of hydrogen-bond donors (Lipinski definition) is 3. The molecule has 1 aromatic rings. The van der Waals surface area contributed by atoms with E-state index in [1.165, 1.54) is 27.7 Å². The van der Waals surface area contributed by atoms with Crippen LogP contribution in [0.4, 0.5) is 0 Å². The first-order valence-electron chi connectivity index (χ1n) is 16.6. The van der Waals surface area contributed by atoms with Crippen LogP contribution in [0.15, 0.2) is 6.33 Å². The fraction of sp³-hybridized carbons (Fsp3) is 0.700. The van der Waals surface area contributed by atoms with Crippen molar-refractivity contribution in [2.45, 2.75) is 66.1 Å². The molecule has 0 radical (unpaired) electrons. The second-order valence-electron chi connectivity index (χ2n) is 11.4. The number of aliphatic hydroxyl groups is 2. The van der Waals surface area contributed by atoms with Crippen LogP contribution in [0.2, 0.25) is 0 Å². The topological polar surface area (TPSA) is 326 Å². The predicted molar refractivity (Wildman–Crippen MR) is 175 cm³/mol. The highest BCUT2D eigenvalue weighted by molar-refractivity contribution is 7.48. The van der Waals surface area contributed by atoms with Crippen molar-refractivity contribution in [3.05, 3.63) is 12.2 Å².